The summed E-state index contributed by atoms with van der Waals surface area (Å²) in [6, 6.07) is 1.40. The van der Waals surface area contributed by atoms with E-state index in [0.29, 0.717) is 12.1 Å². The minimum Gasteiger partial charge on any atom is -0.312 e. The summed E-state index contributed by atoms with van der Waals surface area (Å²) in [6.45, 7) is 8.57. The van der Waals surface area contributed by atoms with Crippen molar-refractivity contribution in [2.75, 3.05) is 19.6 Å². The van der Waals surface area contributed by atoms with E-state index in [1.54, 1.807) is 0 Å². The molecule has 5 atom stereocenters. The van der Waals surface area contributed by atoms with Crippen LogP contribution < -0.4 is 5.32 Å². The lowest BCUT2D eigenvalue weighted by atomic mass is 9.87. The van der Waals surface area contributed by atoms with Crippen LogP contribution >= 0.6 is 0 Å². The van der Waals surface area contributed by atoms with Gasteiger partial charge >= 0.3 is 0 Å². The topological polar surface area (TPSA) is 15.3 Å². The molecule has 102 valence electrons. The second-order valence-corrected chi connectivity index (χ2v) is 6.73. The summed E-state index contributed by atoms with van der Waals surface area (Å²) in [5.74, 6) is 2.67. The lowest BCUT2D eigenvalue weighted by molar-refractivity contribution is 0.231. The Hall–Kier alpha value is -0.340. The molecule has 2 heteroatoms. The van der Waals surface area contributed by atoms with Crippen LogP contribution in [0.15, 0.2) is 12.2 Å². The van der Waals surface area contributed by atoms with Gasteiger partial charge in [-0.3, -0.25) is 4.90 Å². The van der Waals surface area contributed by atoms with E-state index in [1.165, 1.54) is 45.3 Å². The molecule has 3 aliphatic rings. The number of rotatable bonds is 5. The molecule has 2 bridgehead atoms. The van der Waals surface area contributed by atoms with E-state index in [4.69, 9.17) is 0 Å². The van der Waals surface area contributed by atoms with Gasteiger partial charge in [-0.15, -0.1) is 0 Å². The van der Waals surface area contributed by atoms with Crippen molar-refractivity contribution in [1.29, 1.82) is 0 Å². The molecule has 1 heterocycles. The molecule has 0 radical (unpaired) electrons. The first-order valence-electron chi connectivity index (χ1n) is 7.90. The summed E-state index contributed by atoms with van der Waals surface area (Å²) in [6.07, 6.45) is 10.6. The Kier molecular flexibility index (Phi) is 3.76. The van der Waals surface area contributed by atoms with Crippen molar-refractivity contribution < 1.29 is 0 Å². The lowest BCUT2D eigenvalue weighted by Gasteiger charge is -2.30. The summed E-state index contributed by atoms with van der Waals surface area (Å²) < 4.78 is 0. The van der Waals surface area contributed by atoms with Crippen LogP contribution in [0.25, 0.3) is 0 Å². The van der Waals surface area contributed by atoms with Crippen LogP contribution in [0.3, 0.4) is 0 Å². The highest BCUT2D eigenvalue weighted by Gasteiger charge is 2.38. The van der Waals surface area contributed by atoms with Gasteiger partial charge in [-0.05, 0) is 70.4 Å². The molecule has 1 saturated heterocycles. The second-order valence-electron chi connectivity index (χ2n) is 6.73. The summed E-state index contributed by atoms with van der Waals surface area (Å²) in [4.78, 5) is 2.64. The van der Waals surface area contributed by atoms with Crippen molar-refractivity contribution in [2.45, 2.75) is 51.6 Å². The van der Waals surface area contributed by atoms with Crippen molar-refractivity contribution in [3.05, 3.63) is 12.2 Å². The number of likely N-dealkylation sites (tertiary alicyclic amines) is 1. The number of nitrogens with one attached hydrogen (secondary N) is 1. The summed E-state index contributed by atoms with van der Waals surface area (Å²) in [5.41, 5.74) is 0. The zero-order chi connectivity index (χ0) is 12.5. The van der Waals surface area contributed by atoms with Gasteiger partial charge in [0.1, 0.15) is 0 Å². The monoisotopic (exact) mass is 248 g/mol. The molecule has 3 rings (SSSR count). The van der Waals surface area contributed by atoms with Gasteiger partial charge in [-0.25, -0.2) is 0 Å². The van der Waals surface area contributed by atoms with E-state index in [2.05, 4.69) is 36.2 Å². The minimum absolute atomic E-state index is 0.690. The first-order valence-corrected chi connectivity index (χ1v) is 7.90. The molecule has 0 spiro atoms. The molecular weight excluding hydrogens is 220 g/mol. The van der Waals surface area contributed by atoms with Crippen molar-refractivity contribution in [2.24, 2.45) is 17.8 Å². The Labute approximate surface area is 112 Å². The van der Waals surface area contributed by atoms with Crippen molar-refractivity contribution in [3.63, 3.8) is 0 Å². The Morgan fingerprint density at radius 2 is 1.94 bits per heavy atom. The fourth-order valence-electron chi connectivity index (χ4n) is 4.22. The zero-order valence-electron chi connectivity index (χ0n) is 11.9. The highest BCUT2D eigenvalue weighted by molar-refractivity contribution is 5.11. The van der Waals surface area contributed by atoms with Gasteiger partial charge in [0.05, 0.1) is 0 Å². The maximum Gasteiger partial charge on any atom is 0.0192 e. The van der Waals surface area contributed by atoms with E-state index in [0.717, 1.165) is 17.8 Å². The standard InChI is InChI=1S/C16H28N2/c1-12(18-7-3-4-8-18)11-17-13(2)16-10-14-5-6-15(16)9-14/h5-6,12-17H,3-4,7-11H2,1-2H3. The van der Waals surface area contributed by atoms with Crippen LogP contribution in [-0.2, 0) is 0 Å². The number of nitrogens with zero attached hydrogens (tertiary/aromatic N) is 1. The van der Waals surface area contributed by atoms with Gasteiger partial charge in [0.25, 0.3) is 0 Å². The molecule has 18 heavy (non-hydrogen) atoms. The van der Waals surface area contributed by atoms with Crippen molar-refractivity contribution >= 4 is 0 Å². The van der Waals surface area contributed by atoms with Crippen LogP contribution in [0.2, 0.25) is 0 Å². The van der Waals surface area contributed by atoms with Gasteiger partial charge < -0.3 is 5.32 Å². The highest BCUT2D eigenvalue weighted by atomic mass is 15.2. The first kappa shape index (κ1) is 12.7. The molecule has 2 aliphatic carbocycles. The summed E-state index contributed by atoms with van der Waals surface area (Å²) in [7, 11) is 0. The molecule has 0 amide bonds. The number of hydrogen-bond acceptors (Lipinski definition) is 2. The highest BCUT2D eigenvalue weighted by Crippen LogP contribution is 2.44. The van der Waals surface area contributed by atoms with Crippen molar-refractivity contribution in [1.82, 2.24) is 10.2 Å². The van der Waals surface area contributed by atoms with Crippen LogP contribution in [-0.4, -0.2) is 36.6 Å². The summed E-state index contributed by atoms with van der Waals surface area (Å²) in [5, 5.41) is 3.81. The molecule has 0 aromatic carbocycles. The third kappa shape index (κ3) is 2.50. The first-order chi connectivity index (χ1) is 8.74. The maximum atomic E-state index is 3.81. The predicted molar refractivity (Wildman–Crippen MR) is 76.6 cm³/mol. The van der Waals surface area contributed by atoms with Gasteiger partial charge in [0.2, 0.25) is 0 Å². The number of allylic oxidation sites excluding steroid dienone is 2. The average Bonchev–Trinajstić information content (AvgIpc) is 3.09. The second kappa shape index (κ2) is 5.34. The fraction of sp³-hybridized carbons (Fsp3) is 0.875. The summed E-state index contributed by atoms with van der Waals surface area (Å²) >= 11 is 0. The zero-order valence-corrected chi connectivity index (χ0v) is 11.9. The molecule has 5 unspecified atom stereocenters. The largest absolute Gasteiger partial charge is 0.312 e. The molecule has 2 nitrogen and oxygen atoms in total. The average molecular weight is 248 g/mol. The third-order valence-electron chi connectivity index (χ3n) is 5.47. The molecule has 2 fully saturated rings. The Balaban J connectivity index is 1.44. The van der Waals surface area contributed by atoms with Gasteiger partial charge in [0, 0.05) is 18.6 Å². The predicted octanol–water partition coefficient (Wildman–Crippen LogP) is 2.66. The Bertz CT molecular complexity index is 306. The normalized spacial score (nSPS) is 38.4. The van der Waals surface area contributed by atoms with E-state index in [1.807, 2.05) is 0 Å². The molecular formula is C16H28N2. The number of fused-ring (bicyclic) bond motifs is 2. The van der Waals surface area contributed by atoms with E-state index >= 15 is 0 Å². The van der Waals surface area contributed by atoms with Gasteiger partial charge in [-0.1, -0.05) is 12.2 Å². The van der Waals surface area contributed by atoms with E-state index in [-0.39, 0.29) is 0 Å². The molecule has 0 aromatic rings. The van der Waals surface area contributed by atoms with Gasteiger partial charge in [-0.2, -0.15) is 0 Å². The smallest absolute Gasteiger partial charge is 0.0192 e. The molecule has 1 aliphatic heterocycles. The fourth-order valence-corrected chi connectivity index (χ4v) is 4.22. The quantitative estimate of drug-likeness (QED) is 0.753. The Morgan fingerprint density at radius 1 is 1.17 bits per heavy atom. The lowest BCUT2D eigenvalue weighted by Crippen LogP contribution is -2.44. The van der Waals surface area contributed by atoms with E-state index < -0.39 is 0 Å². The number of hydrogen-bond donors (Lipinski definition) is 1. The molecule has 1 N–H and O–H groups in total. The molecule has 1 saturated carbocycles. The van der Waals surface area contributed by atoms with Crippen LogP contribution in [0.4, 0.5) is 0 Å². The van der Waals surface area contributed by atoms with Crippen LogP contribution in [0, 0.1) is 17.8 Å². The molecule has 0 aromatic heterocycles. The third-order valence-corrected chi connectivity index (χ3v) is 5.47. The minimum atomic E-state index is 0.690. The van der Waals surface area contributed by atoms with E-state index in [9.17, 15) is 0 Å². The van der Waals surface area contributed by atoms with Crippen LogP contribution in [0.1, 0.15) is 39.5 Å². The van der Waals surface area contributed by atoms with Crippen molar-refractivity contribution in [3.8, 4) is 0 Å². The van der Waals surface area contributed by atoms with Crippen LogP contribution in [0.5, 0.6) is 0 Å². The van der Waals surface area contributed by atoms with Gasteiger partial charge in [0.15, 0.2) is 0 Å². The Morgan fingerprint density at radius 3 is 2.56 bits per heavy atom. The SMILES string of the molecule is CC(NCC(C)N1CCCC1)C1CC2C=CC1C2. The maximum absolute atomic E-state index is 3.81.